The topological polar surface area (TPSA) is 67.4 Å². The molecule has 7 nitrogen and oxygen atoms in total. The first kappa shape index (κ1) is 23.2. The molecule has 2 aromatic carbocycles. The van der Waals surface area contributed by atoms with Crippen molar-refractivity contribution in [3.63, 3.8) is 0 Å². The minimum Gasteiger partial charge on any atom is -0.491 e. The van der Waals surface area contributed by atoms with Crippen LogP contribution < -0.4 is 16.0 Å². The Hall–Kier alpha value is -3.58. The standard InChI is InChI=1S/C28H31N3O4/c1-17(2)35-20-14-12-19(13-15-20)25-24-23-21(26(32)30(6)27(33)29(23)5)22(18-10-8-7-9-11-18)31(24)28(3,4)16-34-25/h7-15,17,25H,16H2,1-6H3/t25-/m0/s1. The molecule has 7 heteroatoms. The van der Waals surface area contributed by atoms with Gasteiger partial charge in [0.2, 0.25) is 0 Å². The summed E-state index contributed by atoms with van der Waals surface area (Å²) >= 11 is 0. The third-order valence-corrected chi connectivity index (χ3v) is 6.67. The number of fused-ring (bicyclic) bond motifs is 3. The Kier molecular flexibility index (Phi) is 5.48. The van der Waals surface area contributed by atoms with Crippen LogP contribution in [0.4, 0.5) is 0 Å². The van der Waals surface area contributed by atoms with Gasteiger partial charge in [0.1, 0.15) is 11.9 Å². The lowest BCUT2D eigenvalue weighted by atomic mass is 9.98. The van der Waals surface area contributed by atoms with E-state index in [1.165, 1.54) is 11.6 Å². The molecular formula is C28H31N3O4. The van der Waals surface area contributed by atoms with Crippen LogP contribution in [-0.2, 0) is 24.4 Å². The van der Waals surface area contributed by atoms with Gasteiger partial charge >= 0.3 is 5.69 Å². The normalized spacial score (nSPS) is 17.1. The molecule has 0 radical (unpaired) electrons. The van der Waals surface area contributed by atoms with Gasteiger partial charge < -0.3 is 14.0 Å². The number of ether oxygens (including phenoxy) is 2. The molecule has 0 aliphatic carbocycles. The minimum atomic E-state index is -0.450. The van der Waals surface area contributed by atoms with Crippen molar-refractivity contribution in [3.05, 3.63) is 86.7 Å². The molecule has 0 unspecified atom stereocenters. The summed E-state index contributed by atoms with van der Waals surface area (Å²) in [6.45, 7) is 8.63. The highest BCUT2D eigenvalue weighted by molar-refractivity contribution is 5.96. The average molecular weight is 474 g/mol. The van der Waals surface area contributed by atoms with Gasteiger partial charge in [-0.05, 0) is 51.0 Å². The van der Waals surface area contributed by atoms with Gasteiger partial charge in [0.05, 0.1) is 40.5 Å². The van der Waals surface area contributed by atoms with E-state index < -0.39 is 11.6 Å². The highest BCUT2D eigenvalue weighted by Crippen LogP contribution is 2.45. The van der Waals surface area contributed by atoms with E-state index in [-0.39, 0.29) is 17.4 Å². The highest BCUT2D eigenvalue weighted by Gasteiger charge is 2.40. The van der Waals surface area contributed by atoms with Gasteiger partial charge in [-0.2, -0.15) is 0 Å². The lowest BCUT2D eigenvalue weighted by molar-refractivity contribution is -0.00709. The first-order valence-corrected chi connectivity index (χ1v) is 11.9. The quantitative estimate of drug-likeness (QED) is 0.442. The molecule has 0 saturated heterocycles. The third kappa shape index (κ3) is 3.62. The van der Waals surface area contributed by atoms with Crippen molar-refractivity contribution >= 4 is 10.9 Å². The lowest BCUT2D eigenvalue weighted by Crippen LogP contribution is -2.40. The van der Waals surface area contributed by atoms with Crippen molar-refractivity contribution in [1.29, 1.82) is 0 Å². The third-order valence-electron chi connectivity index (χ3n) is 6.67. The Morgan fingerprint density at radius 1 is 0.971 bits per heavy atom. The number of hydrogen-bond acceptors (Lipinski definition) is 4. The van der Waals surface area contributed by atoms with Gasteiger partial charge in [0.25, 0.3) is 5.56 Å². The molecule has 1 aliphatic heterocycles. The van der Waals surface area contributed by atoms with E-state index >= 15 is 0 Å². The van der Waals surface area contributed by atoms with Crippen LogP contribution in [0.3, 0.4) is 0 Å². The summed E-state index contributed by atoms with van der Waals surface area (Å²) < 4.78 is 17.2. The Balaban J connectivity index is 1.88. The van der Waals surface area contributed by atoms with Crippen molar-refractivity contribution in [1.82, 2.24) is 13.7 Å². The SMILES string of the molecule is CC(C)Oc1ccc([C@@H]2OCC(C)(C)n3c(-c4ccccc4)c4c(=O)n(C)c(=O)n(C)c4c32)cc1. The van der Waals surface area contributed by atoms with Crippen LogP contribution in [-0.4, -0.2) is 26.4 Å². The maximum Gasteiger partial charge on any atom is 0.331 e. The first-order valence-electron chi connectivity index (χ1n) is 11.9. The molecule has 0 bridgehead atoms. The second-order valence-electron chi connectivity index (χ2n) is 10.1. The molecule has 5 rings (SSSR count). The number of rotatable bonds is 4. The molecule has 3 heterocycles. The second kappa shape index (κ2) is 8.27. The van der Waals surface area contributed by atoms with Crippen LogP contribution in [0.5, 0.6) is 5.75 Å². The molecule has 0 fully saturated rings. The maximum atomic E-state index is 13.6. The monoisotopic (exact) mass is 473 g/mol. The van der Waals surface area contributed by atoms with Crippen LogP contribution in [0.25, 0.3) is 22.2 Å². The lowest BCUT2D eigenvalue weighted by Gasteiger charge is -2.39. The van der Waals surface area contributed by atoms with Crippen molar-refractivity contribution in [2.24, 2.45) is 14.1 Å². The Morgan fingerprint density at radius 2 is 1.63 bits per heavy atom. The summed E-state index contributed by atoms with van der Waals surface area (Å²) in [5.41, 5.74) is 2.97. The minimum absolute atomic E-state index is 0.0768. The summed E-state index contributed by atoms with van der Waals surface area (Å²) in [6, 6.07) is 17.7. The summed E-state index contributed by atoms with van der Waals surface area (Å²) in [6.07, 6.45) is -0.373. The van der Waals surface area contributed by atoms with Crippen molar-refractivity contribution in [3.8, 4) is 17.0 Å². The number of nitrogens with zero attached hydrogens (tertiary/aromatic N) is 3. The van der Waals surface area contributed by atoms with E-state index in [9.17, 15) is 9.59 Å². The Bertz CT molecular complexity index is 1520. The summed E-state index contributed by atoms with van der Waals surface area (Å²) in [4.78, 5) is 26.6. The van der Waals surface area contributed by atoms with Gasteiger partial charge in [0.15, 0.2) is 0 Å². The van der Waals surface area contributed by atoms with Crippen molar-refractivity contribution in [2.75, 3.05) is 6.61 Å². The summed E-state index contributed by atoms with van der Waals surface area (Å²) in [5, 5.41) is 0.527. The second-order valence-corrected chi connectivity index (χ2v) is 10.1. The van der Waals surface area contributed by atoms with E-state index in [2.05, 4.69) is 18.4 Å². The number of benzene rings is 2. The Morgan fingerprint density at radius 3 is 2.26 bits per heavy atom. The van der Waals surface area contributed by atoms with Gasteiger partial charge in [-0.3, -0.25) is 13.9 Å². The zero-order chi connectivity index (χ0) is 25.1. The molecule has 0 saturated carbocycles. The van der Waals surface area contributed by atoms with Gasteiger partial charge in [0, 0.05) is 14.1 Å². The molecule has 0 N–H and O–H groups in total. The number of hydrogen-bond donors (Lipinski definition) is 0. The fraction of sp³-hybridized carbons (Fsp3) is 0.357. The van der Waals surface area contributed by atoms with Crippen LogP contribution in [0.15, 0.2) is 64.2 Å². The fourth-order valence-electron chi connectivity index (χ4n) is 5.11. The van der Waals surface area contributed by atoms with Crippen LogP contribution >= 0.6 is 0 Å². The van der Waals surface area contributed by atoms with E-state index in [0.717, 1.165) is 28.3 Å². The molecular weight excluding hydrogens is 442 g/mol. The van der Waals surface area contributed by atoms with Crippen molar-refractivity contribution < 1.29 is 9.47 Å². The van der Waals surface area contributed by atoms with Crippen LogP contribution in [0.2, 0.25) is 0 Å². The zero-order valence-electron chi connectivity index (χ0n) is 21.0. The highest BCUT2D eigenvalue weighted by atomic mass is 16.5. The largest absolute Gasteiger partial charge is 0.491 e. The van der Waals surface area contributed by atoms with E-state index in [4.69, 9.17) is 9.47 Å². The fourth-order valence-corrected chi connectivity index (χ4v) is 5.11. The predicted molar refractivity (Wildman–Crippen MR) is 137 cm³/mol. The Labute approximate surface area is 204 Å². The average Bonchev–Trinajstić information content (AvgIpc) is 3.20. The van der Waals surface area contributed by atoms with Gasteiger partial charge in [-0.15, -0.1) is 0 Å². The molecule has 35 heavy (non-hydrogen) atoms. The van der Waals surface area contributed by atoms with Crippen LogP contribution in [0.1, 0.15) is 45.1 Å². The molecule has 2 aromatic heterocycles. The summed E-state index contributed by atoms with van der Waals surface area (Å²) in [7, 11) is 3.25. The van der Waals surface area contributed by atoms with E-state index in [1.54, 1.807) is 11.6 Å². The predicted octanol–water partition coefficient (Wildman–Crippen LogP) is 4.35. The maximum absolute atomic E-state index is 13.6. The molecule has 0 spiro atoms. The van der Waals surface area contributed by atoms with E-state index in [0.29, 0.717) is 17.5 Å². The molecule has 1 atom stereocenters. The smallest absolute Gasteiger partial charge is 0.331 e. The molecule has 0 amide bonds. The van der Waals surface area contributed by atoms with Crippen molar-refractivity contribution in [2.45, 2.75) is 45.4 Å². The number of aromatic nitrogens is 3. The molecule has 4 aromatic rings. The van der Waals surface area contributed by atoms with Gasteiger partial charge in [-0.25, -0.2) is 4.79 Å². The molecule has 1 aliphatic rings. The number of aryl methyl sites for hydroxylation is 1. The first-order chi connectivity index (χ1) is 16.6. The summed E-state index contributed by atoms with van der Waals surface area (Å²) in [5.74, 6) is 0.784. The van der Waals surface area contributed by atoms with E-state index in [1.807, 2.05) is 68.4 Å². The zero-order valence-corrected chi connectivity index (χ0v) is 21.0. The van der Waals surface area contributed by atoms with Crippen LogP contribution in [0, 0.1) is 0 Å². The molecule has 182 valence electrons. The van der Waals surface area contributed by atoms with Gasteiger partial charge in [-0.1, -0.05) is 42.5 Å².